The van der Waals surface area contributed by atoms with Gasteiger partial charge in [-0.1, -0.05) is 12.1 Å². The molecule has 1 aliphatic rings. The topological polar surface area (TPSA) is 123 Å². The molecule has 9 nitrogen and oxygen atoms in total. The van der Waals surface area contributed by atoms with Crippen molar-refractivity contribution in [2.24, 2.45) is 0 Å². The van der Waals surface area contributed by atoms with Crippen LogP contribution in [0.2, 0.25) is 0 Å². The molecule has 1 N–H and O–H groups in total. The molecule has 1 aliphatic heterocycles. The van der Waals surface area contributed by atoms with Crippen molar-refractivity contribution in [1.82, 2.24) is 4.98 Å². The molecule has 2 aromatic carbocycles. The number of Topliss-reactive ketones (excluding diaryl/α,β-unsaturated/α-hetero) is 1. The Hall–Kier alpha value is -4.53. The minimum atomic E-state index is -1.14. The zero-order chi connectivity index (χ0) is 25.4. The number of fused-ring (bicyclic) bond motifs is 1. The van der Waals surface area contributed by atoms with E-state index in [-0.39, 0.29) is 16.8 Å². The van der Waals surface area contributed by atoms with E-state index in [1.807, 2.05) is 0 Å². The number of nitrogens with zero attached hydrogens (tertiary/aromatic N) is 1. The largest absolute Gasteiger partial charge is 0.465 e. The molecule has 0 spiro atoms. The average Bonchev–Trinajstić information content (AvgIpc) is 3.30. The first-order chi connectivity index (χ1) is 16.6. The predicted octanol–water partition coefficient (Wildman–Crippen LogP) is 3.65. The van der Waals surface area contributed by atoms with Crippen LogP contribution in [-0.4, -0.2) is 47.7 Å². The summed E-state index contributed by atoms with van der Waals surface area (Å²) in [6.07, 6.45) is -1.14. The van der Waals surface area contributed by atoms with Gasteiger partial charge in [0.15, 0.2) is 6.10 Å². The third kappa shape index (κ3) is 4.01. The monoisotopic (exact) mass is 474 g/mol. The van der Waals surface area contributed by atoms with E-state index in [1.54, 1.807) is 38.1 Å². The molecule has 0 fully saturated rings. The van der Waals surface area contributed by atoms with Crippen LogP contribution in [-0.2, 0) is 9.47 Å². The van der Waals surface area contributed by atoms with Gasteiger partial charge in [-0.25, -0.2) is 14.5 Å². The number of nitrogens with one attached hydrogen (secondary N) is 1. The zero-order valence-electron chi connectivity index (χ0n) is 19.5. The number of aryl methyl sites for hydroxylation is 1. The number of carbonyl (C=O) groups is 5. The molecule has 0 aliphatic carbocycles. The maximum absolute atomic E-state index is 12.9. The summed E-state index contributed by atoms with van der Waals surface area (Å²) < 4.78 is 10.1. The van der Waals surface area contributed by atoms with Crippen LogP contribution in [0.5, 0.6) is 0 Å². The molecule has 0 saturated heterocycles. The summed E-state index contributed by atoms with van der Waals surface area (Å²) in [5, 5.41) is 0. The van der Waals surface area contributed by atoms with Crippen LogP contribution in [0.15, 0.2) is 48.5 Å². The maximum atomic E-state index is 12.9. The third-order valence-electron chi connectivity index (χ3n) is 5.88. The van der Waals surface area contributed by atoms with Gasteiger partial charge >= 0.3 is 11.9 Å². The number of esters is 2. The molecule has 178 valence electrons. The van der Waals surface area contributed by atoms with Gasteiger partial charge in [-0.3, -0.25) is 14.4 Å². The summed E-state index contributed by atoms with van der Waals surface area (Å²) in [4.78, 5) is 66.7. The lowest BCUT2D eigenvalue weighted by Crippen LogP contribution is -2.29. The highest BCUT2D eigenvalue weighted by atomic mass is 16.5. The fourth-order valence-corrected chi connectivity index (χ4v) is 4.06. The Kier molecular flexibility index (Phi) is 6.09. The van der Waals surface area contributed by atoms with E-state index in [2.05, 4.69) is 4.98 Å². The van der Waals surface area contributed by atoms with Gasteiger partial charge in [-0.05, 0) is 62.7 Å². The lowest BCUT2D eigenvalue weighted by molar-refractivity contribution is 0.0316. The minimum Gasteiger partial charge on any atom is -0.465 e. The Morgan fingerprint density at radius 3 is 2.00 bits per heavy atom. The summed E-state index contributed by atoms with van der Waals surface area (Å²) >= 11 is 0. The molecular formula is C26H22N2O7. The van der Waals surface area contributed by atoms with Crippen molar-refractivity contribution in [3.05, 3.63) is 87.7 Å². The highest BCUT2D eigenvalue weighted by Gasteiger charge is 2.36. The number of hydrogen-bond acceptors (Lipinski definition) is 7. The van der Waals surface area contributed by atoms with E-state index >= 15 is 0 Å². The van der Waals surface area contributed by atoms with Crippen molar-refractivity contribution in [3.63, 3.8) is 0 Å². The molecule has 35 heavy (non-hydrogen) atoms. The number of benzene rings is 2. The fourth-order valence-electron chi connectivity index (χ4n) is 4.06. The number of ketones is 1. The number of aromatic amines is 1. The third-order valence-corrected chi connectivity index (χ3v) is 5.88. The summed E-state index contributed by atoms with van der Waals surface area (Å²) in [6, 6.07) is 12.3. The van der Waals surface area contributed by atoms with Crippen LogP contribution in [0.4, 0.5) is 5.69 Å². The summed E-state index contributed by atoms with van der Waals surface area (Å²) in [5.41, 5.74) is 2.39. The van der Waals surface area contributed by atoms with E-state index in [4.69, 9.17) is 9.47 Å². The normalized spacial score (nSPS) is 13.4. The number of imide groups is 1. The standard InChI is InChI=1S/C26H22N2O7/c1-13-20(26(33)34-4)14(2)27-21(13)22(29)15(3)35-25(32)16-9-11-17(12-10-16)28-23(30)18-7-5-6-8-19(18)24(28)31/h5-12,15,27H,1-4H3/t15-/m0/s1. The number of carbonyl (C=O) groups excluding carboxylic acids is 5. The molecule has 0 radical (unpaired) electrons. The molecule has 4 rings (SSSR count). The smallest absolute Gasteiger partial charge is 0.339 e. The van der Waals surface area contributed by atoms with E-state index in [9.17, 15) is 24.0 Å². The molecule has 2 heterocycles. The van der Waals surface area contributed by atoms with Gasteiger partial charge in [0.2, 0.25) is 5.78 Å². The van der Waals surface area contributed by atoms with E-state index < -0.39 is 35.6 Å². The quantitative estimate of drug-likeness (QED) is 0.329. The SMILES string of the molecule is COC(=O)c1c(C)[nH]c(C(=O)[C@H](C)OC(=O)c2ccc(N3C(=O)c4ccccc4C3=O)cc2)c1C. The van der Waals surface area contributed by atoms with Crippen LogP contribution in [0.1, 0.15) is 70.1 Å². The zero-order valence-corrected chi connectivity index (χ0v) is 19.5. The number of hydrogen-bond donors (Lipinski definition) is 1. The van der Waals surface area contributed by atoms with Crippen molar-refractivity contribution >= 4 is 35.2 Å². The number of H-pyrrole nitrogens is 1. The average molecular weight is 474 g/mol. The van der Waals surface area contributed by atoms with Crippen molar-refractivity contribution in [1.29, 1.82) is 0 Å². The first-order valence-corrected chi connectivity index (χ1v) is 10.8. The Morgan fingerprint density at radius 2 is 1.46 bits per heavy atom. The number of aromatic nitrogens is 1. The highest BCUT2D eigenvalue weighted by molar-refractivity contribution is 6.34. The van der Waals surface area contributed by atoms with Crippen LogP contribution in [0, 0.1) is 13.8 Å². The van der Waals surface area contributed by atoms with Crippen LogP contribution in [0.25, 0.3) is 0 Å². The predicted molar refractivity (Wildman–Crippen MR) is 125 cm³/mol. The molecule has 2 amide bonds. The van der Waals surface area contributed by atoms with Crippen molar-refractivity contribution in [2.45, 2.75) is 26.9 Å². The number of anilines is 1. The van der Waals surface area contributed by atoms with Crippen LogP contribution < -0.4 is 4.90 Å². The Balaban J connectivity index is 1.48. The second-order valence-electron chi connectivity index (χ2n) is 8.07. The fraction of sp³-hybridized carbons (Fsp3) is 0.192. The summed E-state index contributed by atoms with van der Waals surface area (Å²) in [6.45, 7) is 4.68. The molecule has 3 aromatic rings. The van der Waals surface area contributed by atoms with Gasteiger partial charge in [0, 0.05) is 5.69 Å². The Labute approximate surface area is 200 Å². The van der Waals surface area contributed by atoms with Gasteiger partial charge in [0.05, 0.1) is 40.7 Å². The van der Waals surface area contributed by atoms with Gasteiger partial charge in [0.25, 0.3) is 11.8 Å². The van der Waals surface area contributed by atoms with Crippen molar-refractivity contribution < 1.29 is 33.4 Å². The molecule has 0 saturated carbocycles. The van der Waals surface area contributed by atoms with Crippen LogP contribution >= 0.6 is 0 Å². The molecule has 1 aromatic heterocycles. The number of rotatable bonds is 6. The van der Waals surface area contributed by atoms with E-state index in [0.29, 0.717) is 28.1 Å². The molecular weight excluding hydrogens is 452 g/mol. The maximum Gasteiger partial charge on any atom is 0.339 e. The summed E-state index contributed by atoms with van der Waals surface area (Å²) in [7, 11) is 1.25. The lowest BCUT2D eigenvalue weighted by atomic mass is 10.1. The van der Waals surface area contributed by atoms with Gasteiger partial charge in [0.1, 0.15) is 0 Å². The van der Waals surface area contributed by atoms with Crippen molar-refractivity contribution in [3.8, 4) is 0 Å². The molecule has 0 bridgehead atoms. The van der Waals surface area contributed by atoms with Crippen LogP contribution in [0.3, 0.4) is 0 Å². The Morgan fingerprint density at radius 1 is 0.886 bits per heavy atom. The van der Waals surface area contributed by atoms with Gasteiger partial charge in [-0.2, -0.15) is 0 Å². The summed E-state index contributed by atoms with van der Waals surface area (Å²) in [5.74, 6) is -2.71. The first-order valence-electron chi connectivity index (χ1n) is 10.8. The van der Waals surface area contributed by atoms with Gasteiger partial charge in [-0.15, -0.1) is 0 Å². The molecule has 0 unspecified atom stereocenters. The minimum absolute atomic E-state index is 0.139. The second kappa shape index (κ2) is 9.02. The van der Waals surface area contributed by atoms with Gasteiger partial charge < -0.3 is 14.5 Å². The van der Waals surface area contributed by atoms with Crippen molar-refractivity contribution in [2.75, 3.05) is 12.0 Å². The first kappa shape index (κ1) is 23.6. The second-order valence-corrected chi connectivity index (χ2v) is 8.07. The molecule has 9 heteroatoms. The number of amides is 2. The van der Waals surface area contributed by atoms with E-state index in [1.165, 1.54) is 38.3 Å². The van der Waals surface area contributed by atoms with E-state index in [0.717, 1.165) is 4.90 Å². The Bertz CT molecular complexity index is 1350. The lowest BCUT2D eigenvalue weighted by Gasteiger charge is -2.15. The number of methoxy groups -OCH3 is 1. The number of ether oxygens (including phenoxy) is 2. The highest BCUT2D eigenvalue weighted by Crippen LogP contribution is 2.28. The molecule has 1 atom stereocenters.